The highest BCUT2D eigenvalue weighted by Crippen LogP contribution is 2.30. The Balaban J connectivity index is 2.09. The van der Waals surface area contributed by atoms with Gasteiger partial charge in [-0.2, -0.15) is 0 Å². The molecule has 0 aliphatic heterocycles. The quantitative estimate of drug-likeness (QED) is 0.763. The van der Waals surface area contributed by atoms with Gasteiger partial charge >= 0.3 is 0 Å². The number of amides is 1. The molecule has 1 amide bonds. The number of rotatable bonds is 4. The first-order valence-corrected chi connectivity index (χ1v) is 6.15. The molecular weight excluding hydrogens is 247 g/mol. The maximum Gasteiger partial charge on any atom is 0.256 e. The second-order valence-electron chi connectivity index (χ2n) is 4.11. The fraction of sp³-hybridized carbons (Fsp3) is 0.545. The molecule has 2 rings (SSSR count). The van der Waals surface area contributed by atoms with Gasteiger partial charge in [-0.1, -0.05) is 23.2 Å². The zero-order valence-corrected chi connectivity index (χ0v) is 10.6. The molecule has 1 heterocycles. The molecule has 3 nitrogen and oxygen atoms in total. The van der Waals surface area contributed by atoms with Gasteiger partial charge in [0.05, 0.1) is 6.54 Å². The average molecular weight is 261 g/mol. The van der Waals surface area contributed by atoms with Crippen LogP contribution in [0.3, 0.4) is 0 Å². The number of aryl methyl sites for hydroxylation is 1. The van der Waals surface area contributed by atoms with Crippen LogP contribution in [0.2, 0.25) is 0 Å². The number of hydrogen-bond acceptors (Lipinski definition) is 1. The second-order valence-corrected chi connectivity index (χ2v) is 5.20. The summed E-state index contributed by atoms with van der Waals surface area (Å²) in [5.74, 6) is -0.188. The molecule has 1 aromatic heterocycles. The lowest BCUT2D eigenvalue weighted by molar-refractivity contribution is -0.130. The van der Waals surface area contributed by atoms with Gasteiger partial charge < -0.3 is 9.47 Å². The van der Waals surface area contributed by atoms with Crippen LogP contribution in [0.25, 0.3) is 0 Å². The van der Waals surface area contributed by atoms with Crippen LogP contribution < -0.4 is 0 Å². The van der Waals surface area contributed by atoms with Crippen molar-refractivity contribution in [2.75, 3.05) is 0 Å². The van der Waals surface area contributed by atoms with Gasteiger partial charge in [-0.15, -0.1) is 0 Å². The number of carbonyl (C=O) groups excluding carboxylic acids is 1. The topological polar surface area (TPSA) is 25.2 Å². The van der Waals surface area contributed by atoms with Gasteiger partial charge in [-0.25, -0.2) is 0 Å². The van der Waals surface area contributed by atoms with Crippen molar-refractivity contribution in [3.8, 4) is 0 Å². The largest absolute Gasteiger partial charge is 0.353 e. The van der Waals surface area contributed by atoms with E-state index >= 15 is 0 Å². The molecule has 0 N–H and O–H groups in total. The van der Waals surface area contributed by atoms with Crippen molar-refractivity contribution in [2.24, 2.45) is 7.05 Å². The van der Waals surface area contributed by atoms with Crippen molar-refractivity contribution in [3.05, 3.63) is 24.0 Å². The summed E-state index contributed by atoms with van der Waals surface area (Å²) >= 11 is 11.3. The minimum atomic E-state index is -0.958. The van der Waals surface area contributed by atoms with Crippen molar-refractivity contribution in [1.82, 2.24) is 9.47 Å². The van der Waals surface area contributed by atoms with Crippen molar-refractivity contribution < 1.29 is 4.79 Å². The third-order valence-electron chi connectivity index (χ3n) is 2.84. The maximum absolute atomic E-state index is 11.8. The highest BCUT2D eigenvalue weighted by Gasteiger charge is 2.34. The Morgan fingerprint density at radius 3 is 2.75 bits per heavy atom. The van der Waals surface area contributed by atoms with Crippen LogP contribution in [0.1, 0.15) is 18.5 Å². The van der Waals surface area contributed by atoms with Crippen LogP contribution >= 0.6 is 23.2 Å². The lowest BCUT2D eigenvalue weighted by Gasteiger charge is -2.23. The summed E-state index contributed by atoms with van der Waals surface area (Å²) < 4.78 is 2.00. The van der Waals surface area contributed by atoms with E-state index in [0.29, 0.717) is 12.6 Å². The van der Waals surface area contributed by atoms with Crippen molar-refractivity contribution in [3.63, 3.8) is 0 Å². The zero-order valence-electron chi connectivity index (χ0n) is 9.07. The van der Waals surface area contributed by atoms with Crippen LogP contribution in [0.15, 0.2) is 18.3 Å². The van der Waals surface area contributed by atoms with Crippen molar-refractivity contribution in [1.29, 1.82) is 0 Å². The van der Waals surface area contributed by atoms with E-state index in [2.05, 4.69) is 0 Å². The first kappa shape index (κ1) is 11.8. The van der Waals surface area contributed by atoms with Crippen LogP contribution in [0.4, 0.5) is 0 Å². The lowest BCUT2D eigenvalue weighted by Crippen LogP contribution is -2.36. The molecule has 0 unspecified atom stereocenters. The molecule has 0 spiro atoms. The monoisotopic (exact) mass is 260 g/mol. The molecule has 0 aromatic carbocycles. The predicted molar refractivity (Wildman–Crippen MR) is 64.5 cm³/mol. The molecule has 88 valence electrons. The van der Waals surface area contributed by atoms with Gasteiger partial charge in [0.2, 0.25) is 0 Å². The van der Waals surface area contributed by atoms with Crippen LogP contribution in [-0.4, -0.2) is 26.3 Å². The zero-order chi connectivity index (χ0) is 11.7. The molecule has 0 bridgehead atoms. The van der Waals surface area contributed by atoms with E-state index in [0.717, 1.165) is 18.5 Å². The number of alkyl halides is 2. The molecule has 1 saturated carbocycles. The Hall–Kier alpha value is -0.670. The Morgan fingerprint density at radius 1 is 1.62 bits per heavy atom. The van der Waals surface area contributed by atoms with E-state index < -0.39 is 4.84 Å². The van der Waals surface area contributed by atoms with E-state index in [1.807, 2.05) is 29.9 Å². The predicted octanol–water partition coefficient (Wildman–Crippen LogP) is 2.32. The Kier molecular flexibility index (Phi) is 3.45. The van der Waals surface area contributed by atoms with Crippen molar-refractivity contribution in [2.45, 2.75) is 30.3 Å². The van der Waals surface area contributed by atoms with Crippen LogP contribution in [-0.2, 0) is 18.4 Å². The first-order valence-electron chi connectivity index (χ1n) is 5.28. The Morgan fingerprint density at radius 2 is 2.31 bits per heavy atom. The number of halogens is 2. The molecule has 5 heteroatoms. The lowest BCUT2D eigenvalue weighted by atomic mass is 10.3. The second kappa shape index (κ2) is 4.68. The summed E-state index contributed by atoms with van der Waals surface area (Å²) in [6.45, 7) is 0.586. The first-order chi connectivity index (χ1) is 7.59. The maximum atomic E-state index is 11.8. The molecule has 1 aliphatic carbocycles. The van der Waals surface area contributed by atoms with E-state index in [1.165, 1.54) is 0 Å². The van der Waals surface area contributed by atoms with Crippen molar-refractivity contribution >= 4 is 29.1 Å². The standard InChI is InChI=1S/C11H14Cl2N2O/c1-14-6-2-3-9(14)7-15(8-4-5-8)11(16)10(12)13/h2-3,6,8,10H,4-5,7H2,1H3. The molecule has 1 fully saturated rings. The van der Waals surface area contributed by atoms with Gasteiger partial charge in [-0.05, 0) is 25.0 Å². The van der Waals surface area contributed by atoms with Gasteiger partial charge in [-0.3, -0.25) is 4.79 Å². The third kappa shape index (κ3) is 2.53. The fourth-order valence-electron chi connectivity index (χ4n) is 1.73. The molecule has 1 aliphatic rings. The van der Waals surface area contributed by atoms with E-state index in [-0.39, 0.29) is 5.91 Å². The average Bonchev–Trinajstić information content (AvgIpc) is 2.99. The highest BCUT2D eigenvalue weighted by atomic mass is 35.5. The number of carbonyl (C=O) groups is 1. The van der Waals surface area contributed by atoms with Crippen LogP contribution in [0.5, 0.6) is 0 Å². The van der Waals surface area contributed by atoms with Gasteiger partial charge in [0.15, 0.2) is 4.84 Å². The molecule has 16 heavy (non-hydrogen) atoms. The minimum absolute atomic E-state index is 0.188. The molecular formula is C11H14Cl2N2O. The van der Waals surface area contributed by atoms with Crippen LogP contribution in [0, 0.1) is 0 Å². The van der Waals surface area contributed by atoms with Gasteiger partial charge in [0.25, 0.3) is 5.91 Å². The van der Waals surface area contributed by atoms with E-state index in [9.17, 15) is 4.79 Å². The smallest absolute Gasteiger partial charge is 0.256 e. The molecule has 0 atom stereocenters. The normalized spacial score (nSPS) is 15.5. The summed E-state index contributed by atoms with van der Waals surface area (Å²) in [6.07, 6.45) is 4.07. The number of nitrogens with zero attached hydrogens (tertiary/aromatic N) is 2. The minimum Gasteiger partial charge on any atom is -0.353 e. The summed E-state index contributed by atoms with van der Waals surface area (Å²) in [6, 6.07) is 4.28. The Bertz CT molecular complexity index is 385. The summed E-state index contributed by atoms with van der Waals surface area (Å²) in [4.78, 5) is 12.6. The van der Waals surface area contributed by atoms with Gasteiger partial charge in [0, 0.05) is 25.0 Å². The number of aromatic nitrogens is 1. The molecule has 1 aromatic rings. The molecule has 0 saturated heterocycles. The number of hydrogen-bond donors (Lipinski definition) is 0. The van der Waals surface area contributed by atoms with Gasteiger partial charge in [0.1, 0.15) is 0 Å². The molecule has 0 radical (unpaired) electrons. The summed E-state index contributed by atoms with van der Waals surface area (Å²) in [7, 11) is 1.96. The summed E-state index contributed by atoms with van der Waals surface area (Å²) in [5.41, 5.74) is 1.09. The highest BCUT2D eigenvalue weighted by molar-refractivity contribution is 6.53. The van der Waals surface area contributed by atoms with E-state index in [1.54, 1.807) is 4.90 Å². The third-order valence-corrected chi connectivity index (χ3v) is 3.21. The summed E-state index contributed by atoms with van der Waals surface area (Å²) in [5, 5.41) is 0. The Labute approximate surface area is 105 Å². The SMILES string of the molecule is Cn1cccc1CN(C(=O)C(Cl)Cl)C1CC1. The fourth-order valence-corrected chi connectivity index (χ4v) is 1.98. The van der Waals surface area contributed by atoms with E-state index in [4.69, 9.17) is 23.2 Å².